The molecule has 1 aromatic carbocycles. The standard InChI is InChI=1S/C14H14Cl2N4O/c1-2-7-17-10-6-4-3-5-9(10)14(21)20-11-12(15)18-8-19-13(11)16/h3-6,8,17H,2,7H2,1H3,(H,20,21). The Morgan fingerprint density at radius 1 is 1.19 bits per heavy atom. The van der Waals surface area contributed by atoms with Crippen LogP contribution >= 0.6 is 23.2 Å². The van der Waals surface area contributed by atoms with Gasteiger partial charge in [-0.3, -0.25) is 4.79 Å². The Balaban J connectivity index is 2.25. The number of anilines is 2. The number of nitrogens with one attached hydrogen (secondary N) is 2. The van der Waals surface area contributed by atoms with E-state index < -0.39 is 0 Å². The van der Waals surface area contributed by atoms with Gasteiger partial charge in [-0.15, -0.1) is 0 Å². The fourth-order valence-electron chi connectivity index (χ4n) is 1.72. The molecular weight excluding hydrogens is 311 g/mol. The number of carbonyl (C=O) groups excluding carboxylic acids is 1. The number of benzene rings is 1. The molecule has 7 heteroatoms. The van der Waals surface area contributed by atoms with Crippen LogP contribution in [0.1, 0.15) is 23.7 Å². The Morgan fingerprint density at radius 2 is 1.86 bits per heavy atom. The number of aromatic nitrogens is 2. The van der Waals surface area contributed by atoms with Gasteiger partial charge < -0.3 is 10.6 Å². The first-order valence-electron chi connectivity index (χ1n) is 6.43. The molecule has 2 N–H and O–H groups in total. The van der Waals surface area contributed by atoms with Crippen LogP contribution in [0.2, 0.25) is 10.3 Å². The summed E-state index contributed by atoms with van der Waals surface area (Å²) in [5.74, 6) is -0.326. The lowest BCUT2D eigenvalue weighted by Crippen LogP contribution is -2.16. The second kappa shape index (κ2) is 7.24. The Kier molecular flexibility index (Phi) is 5.36. The van der Waals surface area contributed by atoms with Crippen molar-refractivity contribution >= 4 is 40.5 Å². The molecular formula is C14H14Cl2N4O. The van der Waals surface area contributed by atoms with Gasteiger partial charge in [0, 0.05) is 12.2 Å². The number of nitrogens with zero attached hydrogens (tertiary/aromatic N) is 2. The van der Waals surface area contributed by atoms with Crippen LogP contribution in [0.5, 0.6) is 0 Å². The van der Waals surface area contributed by atoms with Crippen molar-refractivity contribution in [2.24, 2.45) is 0 Å². The molecule has 0 aliphatic rings. The highest BCUT2D eigenvalue weighted by molar-refractivity contribution is 6.38. The fraction of sp³-hybridized carbons (Fsp3) is 0.214. The highest BCUT2D eigenvalue weighted by atomic mass is 35.5. The van der Waals surface area contributed by atoms with Crippen LogP contribution in [0.15, 0.2) is 30.6 Å². The van der Waals surface area contributed by atoms with E-state index in [2.05, 4.69) is 27.5 Å². The molecule has 1 amide bonds. The van der Waals surface area contributed by atoms with Crippen LogP contribution in [-0.4, -0.2) is 22.4 Å². The van der Waals surface area contributed by atoms with Crippen molar-refractivity contribution in [1.29, 1.82) is 0 Å². The van der Waals surface area contributed by atoms with Crippen LogP contribution in [0, 0.1) is 0 Å². The molecule has 0 unspecified atom stereocenters. The number of amides is 1. The summed E-state index contributed by atoms with van der Waals surface area (Å²) in [6, 6.07) is 7.21. The minimum absolute atomic E-state index is 0.0994. The SMILES string of the molecule is CCCNc1ccccc1C(=O)Nc1c(Cl)ncnc1Cl. The number of hydrogen-bond donors (Lipinski definition) is 2. The van der Waals surface area contributed by atoms with E-state index in [0.29, 0.717) is 5.56 Å². The zero-order valence-electron chi connectivity index (χ0n) is 11.4. The third-order valence-electron chi connectivity index (χ3n) is 2.73. The van der Waals surface area contributed by atoms with Crippen LogP contribution < -0.4 is 10.6 Å². The van der Waals surface area contributed by atoms with Crippen molar-refractivity contribution in [3.8, 4) is 0 Å². The Bertz CT molecular complexity index is 628. The molecule has 0 saturated carbocycles. The summed E-state index contributed by atoms with van der Waals surface area (Å²) in [6.45, 7) is 2.83. The van der Waals surface area contributed by atoms with E-state index in [9.17, 15) is 4.79 Å². The zero-order chi connectivity index (χ0) is 15.2. The minimum Gasteiger partial charge on any atom is -0.384 e. The second-order valence-corrected chi connectivity index (χ2v) is 4.97. The highest BCUT2D eigenvalue weighted by Crippen LogP contribution is 2.27. The number of hydrogen-bond acceptors (Lipinski definition) is 4. The molecule has 0 atom stereocenters. The van der Waals surface area contributed by atoms with E-state index in [1.165, 1.54) is 6.33 Å². The lowest BCUT2D eigenvalue weighted by atomic mass is 10.1. The molecule has 0 saturated heterocycles. The molecule has 21 heavy (non-hydrogen) atoms. The van der Waals surface area contributed by atoms with Crippen LogP contribution in [0.3, 0.4) is 0 Å². The maximum absolute atomic E-state index is 12.4. The van der Waals surface area contributed by atoms with E-state index in [4.69, 9.17) is 23.2 Å². The van der Waals surface area contributed by atoms with E-state index in [1.54, 1.807) is 12.1 Å². The molecule has 0 fully saturated rings. The smallest absolute Gasteiger partial charge is 0.257 e. The molecule has 0 spiro atoms. The summed E-state index contributed by atoms with van der Waals surface area (Å²) >= 11 is 11.8. The van der Waals surface area contributed by atoms with Gasteiger partial charge in [-0.25, -0.2) is 9.97 Å². The molecule has 0 bridgehead atoms. The van der Waals surface area contributed by atoms with Crippen LogP contribution in [0.4, 0.5) is 11.4 Å². The van der Waals surface area contributed by atoms with E-state index >= 15 is 0 Å². The summed E-state index contributed by atoms with van der Waals surface area (Å²) in [7, 11) is 0. The van der Waals surface area contributed by atoms with E-state index in [0.717, 1.165) is 18.7 Å². The Morgan fingerprint density at radius 3 is 2.52 bits per heavy atom. The van der Waals surface area contributed by atoms with Crippen LogP contribution in [0.25, 0.3) is 0 Å². The summed E-state index contributed by atoms with van der Waals surface area (Å²) in [6.07, 6.45) is 2.19. The van der Waals surface area contributed by atoms with E-state index in [1.807, 2.05) is 12.1 Å². The maximum atomic E-state index is 12.4. The largest absolute Gasteiger partial charge is 0.384 e. The molecule has 1 aromatic heterocycles. The number of para-hydroxylation sites is 1. The minimum atomic E-state index is -0.326. The first-order chi connectivity index (χ1) is 10.1. The van der Waals surface area contributed by atoms with Gasteiger partial charge >= 0.3 is 0 Å². The third-order valence-corrected chi connectivity index (χ3v) is 3.30. The van der Waals surface area contributed by atoms with Gasteiger partial charge in [0.2, 0.25) is 0 Å². The Labute approximate surface area is 132 Å². The van der Waals surface area contributed by atoms with Crippen molar-refractivity contribution < 1.29 is 4.79 Å². The number of carbonyl (C=O) groups is 1. The van der Waals surface area contributed by atoms with Crippen molar-refractivity contribution in [2.75, 3.05) is 17.2 Å². The Hall–Kier alpha value is -1.85. The molecule has 0 radical (unpaired) electrons. The van der Waals surface area contributed by atoms with Gasteiger partial charge in [0.15, 0.2) is 10.3 Å². The van der Waals surface area contributed by atoms with E-state index in [-0.39, 0.29) is 21.9 Å². The predicted octanol–water partition coefficient (Wildman–Crippen LogP) is 3.86. The lowest BCUT2D eigenvalue weighted by molar-refractivity contribution is 0.102. The molecule has 1 heterocycles. The van der Waals surface area contributed by atoms with Gasteiger partial charge in [0.05, 0.1) is 5.56 Å². The van der Waals surface area contributed by atoms with Gasteiger partial charge in [0.1, 0.15) is 12.0 Å². The van der Waals surface area contributed by atoms with Crippen LogP contribution in [-0.2, 0) is 0 Å². The molecule has 2 aromatic rings. The van der Waals surface area contributed by atoms with Gasteiger partial charge in [-0.1, -0.05) is 42.3 Å². The van der Waals surface area contributed by atoms with Gasteiger partial charge in [0.25, 0.3) is 5.91 Å². The summed E-state index contributed by atoms with van der Waals surface area (Å²) in [4.78, 5) is 20.0. The van der Waals surface area contributed by atoms with Crippen molar-refractivity contribution in [3.05, 3.63) is 46.5 Å². The normalized spacial score (nSPS) is 10.2. The lowest BCUT2D eigenvalue weighted by Gasteiger charge is -2.12. The summed E-state index contributed by atoms with van der Waals surface area (Å²) < 4.78 is 0. The van der Waals surface area contributed by atoms with Gasteiger partial charge in [-0.2, -0.15) is 0 Å². The van der Waals surface area contributed by atoms with Crippen molar-refractivity contribution in [2.45, 2.75) is 13.3 Å². The molecule has 5 nitrogen and oxygen atoms in total. The maximum Gasteiger partial charge on any atom is 0.257 e. The monoisotopic (exact) mass is 324 g/mol. The fourth-order valence-corrected chi connectivity index (χ4v) is 2.13. The quantitative estimate of drug-likeness (QED) is 0.819. The first-order valence-corrected chi connectivity index (χ1v) is 7.19. The number of halogens is 2. The number of rotatable bonds is 5. The second-order valence-electron chi connectivity index (χ2n) is 4.26. The molecule has 2 rings (SSSR count). The molecule has 110 valence electrons. The molecule has 0 aliphatic heterocycles. The first kappa shape index (κ1) is 15.5. The summed E-state index contributed by atoms with van der Waals surface area (Å²) in [5.41, 5.74) is 1.46. The predicted molar refractivity (Wildman–Crippen MR) is 85.2 cm³/mol. The average Bonchev–Trinajstić information content (AvgIpc) is 2.49. The van der Waals surface area contributed by atoms with Crippen molar-refractivity contribution in [3.63, 3.8) is 0 Å². The van der Waals surface area contributed by atoms with Crippen molar-refractivity contribution in [1.82, 2.24) is 9.97 Å². The topological polar surface area (TPSA) is 66.9 Å². The average molecular weight is 325 g/mol. The summed E-state index contributed by atoms with van der Waals surface area (Å²) in [5, 5.41) is 6.04. The zero-order valence-corrected chi connectivity index (χ0v) is 12.9. The van der Waals surface area contributed by atoms with Gasteiger partial charge in [-0.05, 0) is 18.6 Å². The molecule has 0 aliphatic carbocycles. The highest BCUT2D eigenvalue weighted by Gasteiger charge is 2.15. The third kappa shape index (κ3) is 3.83.